The maximum atomic E-state index is 11.5. The van der Waals surface area contributed by atoms with Gasteiger partial charge in [0.2, 0.25) is 0 Å². The van der Waals surface area contributed by atoms with Gasteiger partial charge < -0.3 is 5.32 Å². The molecule has 0 atom stereocenters. The molecule has 0 saturated carbocycles. The second-order valence-corrected chi connectivity index (χ2v) is 4.86. The maximum absolute atomic E-state index is 11.5. The van der Waals surface area contributed by atoms with Crippen LogP contribution in [0.2, 0.25) is 0 Å². The lowest BCUT2D eigenvalue weighted by molar-refractivity contribution is -0.124. The minimum absolute atomic E-state index is 0.133. The summed E-state index contributed by atoms with van der Waals surface area (Å²) in [4.78, 5) is 11.5. The highest BCUT2D eigenvalue weighted by Crippen LogP contribution is 2.12. The van der Waals surface area contributed by atoms with Crippen molar-refractivity contribution in [2.75, 3.05) is 6.54 Å². The van der Waals surface area contributed by atoms with E-state index in [2.05, 4.69) is 26.3 Å². The van der Waals surface area contributed by atoms with Gasteiger partial charge in [0.25, 0.3) is 5.91 Å². The van der Waals surface area contributed by atoms with Crippen molar-refractivity contribution in [2.45, 2.75) is 6.92 Å². The molecule has 4 nitrogen and oxygen atoms in total. The first kappa shape index (κ1) is 12.2. The second-order valence-electron chi connectivity index (χ2n) is 3.56. The number of amides is 1. The van der Waals surface area contributed by atoms with E-state index in [1.807, 2.05) is 31.2 Å². The van der Waals surface area contributed by atoms with Gasteiger partial charge in [-0.25, -0.2) is 0 Å². The van der Waals surface area contributed by atoms with Crippen LogP contribution in [0.25, 0.3) is 0 Å². The summed E-state index contributed by atoms with van der Waals surface area (Å²) in [7, 11) is 0. The highest BCUT2D eigenvalue weighted by atomic mass is 79.9. The van der Waals surface area contributed by atoms with Crippen molar-refractivity contribution in [1.82, 2.24) is 10.3 Å². The molecule has 0 aromatic heterocycles. The fraction of sp³-hybridized carbons (Fsp3) is 0.182. The predicted molar refractivity (Wildman–Crippen MR) is 73.8 cm³/mol. The monoisotopic (exact) mass is 311 g/mol. The van der Waals surface area contributed by atoms with Crippen LogP contribution in [0, 0.1) is 0 Å². The van der Waals surface area contributed by atoms with Crippen molar-refractivity contribution in [1.29, 1.82) is 0 Å². The van der Waals surface area contributed by atoms with E-state index in [-0.39, 0.29) is 12.5 Å². The Morgan fingerprint density at radius 2 is 2.12 bits per heavy atom. The van der Waals surface area contributed by atoms with Crippen molar-refractivity contribution in [3.05, 3.63) is 34.3 Å². The molecule has 6 heteroatoms. The molecule has 0 aliphatic carbocycles. The number of nitrogens with one attached hydrogen (secondary N) is 1. The van der Waals surface area contributed by atoms with Crippen LogP contribution >= 0.6 is 28.1 Å². The zero-order valence-corrected chi connectivity index (χ0v) is 11.5. The molecule has 2 rings (SSSR count). The highest BCUT2D eigenvalue weighted by molar-refractivity contribution is 9.10. The average molecular weight is 312 g/mol. The van der Waals surface area contributed by atoms with Gasteiger partial charge in [-0.1, -0.05) is 28.1 Å². The summed E-state index contributed by atoms with van der Waals surface area (Å²) in [5.41, 5.74) is 1.70. The molecule has 17 heavy (non-hydrogen) atoms. The Morgan fingerprint density at radius 1 is 1.47 bits per heavy atom. The number of hydrogen-bond acceptors (Lipinski definition) is 3. The summed E-state index contributed by atoms with van der Waals surface area (Å²) in [5.74, 6) is -0.133. The Bertz CT molecular complexity index is 482. The molecule has 1 saturated heterocycles. The van der Waals surface area contributed by atoms with Crippen molar-refractivity contribution in [2.24, 2.45) is 5.10 Å². The Hall–Kier alpha value is -1.27. The van der Waals surface area contributed by atoms with E-state index < -0.39 is 0 Å². The quantitative estimate of drug-likeness (QED) is 0.670. The Morgan fingerprint density at radius 3 is 2.65 bits per heavy atom. The number of hydrazone groups is 1. The van der Waals surface area contributed by atoms with Crippen molar-refractivity contribution in [3.63, 3.8) is 0 Å². The number of carbonyl (C=O) groups excluding carboxylic acids is 1. The number of thiocarbonyl (C=S) groups is 1. The predicted octanol–water partition coefficient (Wildman–Crippen LogP) is 1.89. The van der Waals surface area contributed by atoms with Crippen molar-refractivity contribution in [3.8, 4) is 0 Å². The molecule has 0 bridgehead atoms. The minimum Gasteiger partial charge on any atom is -0.352 e. The lowest BCUT2D eigenvalue weighted by atomic mass is 10.1. The van der Waals surface area contributed by atoms with Crippen LogP contribution in [0.15, 0.2) is 33.8 Å². The van der Waals surface area contributed by atoms with Gasteiger partial charge in [0, 0.05) is 4.47 Å². The van der Waals surface area contributed by atoms with E-state index in [1.54, 1.807) is 0 Å². The summed E-state index contributed by atoms with van der Waals surface area (Å²) < 4.78 is 1.00. The topological polar surface area (TPSA) is 44.7 Å². The highest BCUT2D eigenvalue weighted by Gasteiger charge is 2.25. The lowest BCUT2D eigenvalue weighted by Crippen LogP contribution is -2.26. The van der Waals surface area contributed by atoms with Crippen LogP contribution in [-0.2, 0) is 4.79 Å². The molecule has 1 aliphatic heterocycles. The molecule has 88 valence electrons. The van der Waals surface area contributed by atoms with E-state index in [0.29, 0.717) is 5.11 Å². The molecule has 1 aliphatic rings. The van der Waals surface area contributed by atoms with Crippen molar-refractivity contribution < 1.29 is 4.79 Å². The van der Waals surface area contributed by atoms with E-state index in [1.165, 1.54) is 5.01 Å². The number of benzene rings is 1. The van der Waals surface area contributed by atoms with Gasteiger partial charge in [0.1, 0.15) is 0 Å². The first-order valence-corrected chi connectivity index (χ1v) is 6.20. The molecule has 1 aromatic rings. The number of carbonyl (C=O) groups is 1. The van der Waals surface area contributed by atoms with Crippen molar-refractivity contribution >= 4 is 44.9 Å². The van der Waals surface area contributed by atoms with Crippen LogP contribution in [0.3, 0.4) is 0 Å². The molecular formula is C11H10BrN3OS. The molecule has 1 amide bonds. The van der Waals surface area contributed by atoms with E-state index in [9.17, 15) is 4.79 Å². The average Bonchev–Trinajstić information content (AvgIpc) is 2.61. The lowest BCUT2D eigenvalue weighted by Gasteiger charge is -2.09. The molecule has 1 heterocycles. The fourth-order valence-corrected chi connectivity index (χ4v) is 1.89. The summed E-state index contributed by atoms with van der Waals surface area (Å²) in [6, 6.07) is 7.72. The van der Waals surface area contributed by atoms with Gasteiger partial charge >= 0.3 is 0 Å². The number of halogens is 1. The molecule has 0 unspecified atom stereocenters. The normalized spacial score (nSPS) is 16.4. The summed E-state index contributed by atoms with van der Waals surface area (Å²) in [5, 5.41) is 8.58. The molecular weight excluding hydrogens is 302 g/mol. The molecule has 1 fully saturated rings. The minimum atomic E-state index is -0.133. The third-order valence-corrected chi connectivity index (χ3v) is 3.18. The first-order chi connectivity index (χ1) is 8.08. The van der Waals surface area contributed by atoms with Gasteiger partial charge in [-0.2, -0.15) is 10.1 Å². The molecule has 1 aromatic carbocycles. The van der Waals surface area contributed by atoms with E-state index in [0.717, 1.165) is 15.7 Å². The van der Waals surface area contributed by atoms with E-state index in [4.69, 9.17) is 12.2 Å². The Labute approximate surface area is 113 Å². The molecule has 1 N–H and O–H groups in total. The Balaban J connectivity index is 2.24. The van der Waals surface area contributed by atoms with Gasteiger partial charge in [-0.05, 0) is 36.8 Å². The van der Waals surface area contributed by atoms with Gasteiger partial charge in [-0.15, -0.1) is 0 Å². The number of hydrogen-bond donors (Lipinski definition) is 1. The largest absolute Gasteiger partial charge is 0.352 e. The molecule has 0 radical (unpaired) electrons. The SMILES string of the molecule is C/C(=N\N1C(=O)CNC1=S)c1ccc(Br)cc1. The standard InChI is InChI=1S/C11H10BrN3OS/c1-7(8-2-4-9(12)5-3-8)14-15-10(16)6-13-11(15)17/h2-5H,6H2,1H3,(H,13,17)/b14-7+. The third kappa shape index (κ3) is 2.70. The van der Waals surface area contributed by atoms with Crippen LogP contribution in [0.4, 0.5) is 0 Å². The van der Waals surface area contributed by atoms with E-state index >= 15 is 0 Å². The number of nitrogens with zero attached hydrogens (tertiary/aromatic N) is 2. The number of rotatable bonds is 2. The second kappa shape index (κ2) is 4.93. The van der Waals surface area contributed by atoms with Crippen LogP contribution in [0.5, 0.6) is 0 Å². The smallest absolute Gasteiger partial charge is 0.268 e. The van der Waals surface area contributed by atoms with Gasteiger partial charge in [-0.3, -0.25) is 4.79 Å². The molecule has 0 spiro atoms. The van der Waals surface area contributed by atoms with Crippen LogP contribution in [0.1, 0.15) is 12.5 Å². The van der Waals surface area contributed by atoms with Crippen LogP contribution < -0.4 is 5.32 Å². The van der Waals surface area contributed by atoms with Crippen LogP contribution in [-0.4, -0.2) is 28.3 Å². The summed E-state index contributed by atoms with van der Waals surface area (Å²) in [6.07, 6.45) is 0. The maximum Gasteiger partial charge on any atom is 0.268 e. The zero-order valence-electron chi connectivity index (χ0n) is 9.11. The zero-order chi connectivity index (χ0) is 12.4. The summed E-state index contributed by atoms with van der Waals surface area (Å²) >= 11 is 8.35. The third-order valence-electron chi connectivity index (χ3n) is 2.33. The first-order valence-electron chi connectivity index (χ1n) is 5.00. The van der Waals surface area contributed by atoms with Gasteiger partial charge in [0.15, 0.2) is 5.11 Å². The van der Waals surface area contributed by atoms with Gasteiger partial charge in [0.05, 0.1) is 12.3 Å². The Kier molecular flexibility index (Phi) is 3.54. The summed E-state index contributed by atoms with van der Waals surface area (Å²) in [6.45, 7) is 2.06. The fourth-order valence-electron chi connectivity index (χ4n) is 1.41.